The number of benzene rings is 3. The molecule has 0 aliphatic carbocycles. The van der Waals surface area contributed by atoms with Gasteiger partial charge in [0.2, 0.25) is 0 Å². The molecule has 0 fully saturated rings. The molecular formula is C21H21ClHf. The quantitative estimate of drug-likeness (QED) is 0.486. The van der Waals surface area contributed by atoms with E-state index in [1.807, 2.05) is 0 Å². The molecule has 3 aromatic rings. The summed E-state index contributed by atoms with van der Waals surface area (Å²) in [5.41, 5.74) is 3.90. The van der Waals surface area contributed by atoms with Crippen LogP contribution in [0.2, 0.25) is 0 Å². The van der Waals surface area contributed by atoms with Crippen LogP contribution in [0.5, 0.6) is 0 Å². The van der Waals surface area contributed by atoms with Crippen molar-refractivity contribution in [2.45, 2.75) is 20.8 Å². The van der Waals surface area contributed by atoms with Crippen LogP contribution in [0.15, 0.2) is 72.8 Å². The zero-order valence-corrected chi connectivity index (χ0v) is 18.2. The normalized spacial score (nSPS) is 11.5. The number of hydrogen-bond acceptors (Lipinski definition) is 0. The molecule has 0 aromatic heterocycles. The van der Waals surface area contributed by atoms with Crippen molar-refractivity contribution >= 4 is 18.5 Å². The summed E-state index contributed by atoms with van der Waals surface area (Å²) in [6.45, 7) is 6.55. The summed E-state index contributed by atoms with van der Waals surface area (Å²) in [4.78, 5) is 0. The Labute approximate surface area is 147 Å². The van der Waals surface area contributed by atoms with Gasteiger partial charge >= 0.3 is 148 Å². The Hall–Kier alpha value is -1.18. The standard InChI is InChI=1S/3C7H7.ClH.Hf/c3*1-7-5-3-2-4-6-7;;/h3*2-5H,1H3;1H;/q;;;;+1/p-1. The van der Waals surface area contributed by atoms with Gasteiger partial charge in [0.1, 0.15) is 0 Å². The van der Waals surface area contributed by atoms with Gasteiger partial charge in [-0.05, 0) is 0 Å². The molecule has 0 heterocycles. The molecular weight excluding hydrogens is 466 g/mol. The minimum atomic E-state index is -3.66. The van der Waals surface area contributed by atoms with Crippen LogP contribution in [0.25, 0.3) is 0 Å². The van der Waals surface area contributed by atoms with Gasteiger partial charge in [-0.2, -0.15) is 0 Å². The second-order valence-electron chi connectivity index (χ2n) is 6.10. The molecule has 0 unspecified atom stereocenters. The summed E-state index contributed by atoms with van der Waals surface area (Å²) in [6.07, 6.45) is 0. The fraction of sp³-hybridized carbons (Fsp3) is 0.143. The summed E-state index contributed by atoms with van der Waals surface area (Å²) in [7, 11) is 7.65. The summed E-state index contributed by atoms with van der Waals surface area (Å²) in [5.74, 6) is 0. The summed E-state index contributed by atoms with van der Waals surface area (Å²) >= 11 is -3.66. The Bertz CT molecular complexity index is 728. The maximum absolute atomic E-state index is 7.65. The number of rotatable bonds is 3. The molecule has 3 rings (SSSR count). The van der Waals surface area contributed by atoms with E-state index in [1.165, 1.54) is 26.7 Å². The third-order valence-electron chi connectivity index (χ3n) is 4.55. The van der Waals surface area contributed by atoms with Crippen LogP contribution in [-0.4, -0.2) is 0 Å². The molecule has 0 aliphatic rings. The molecule has 0 nitrogen and oxygen atoms in total. The first-order valence-electron chi connectivity index (χ1n) is 7.92. The van der Waals surface area contributed by atoms with Crippen LogP contribution in [0.3, 0.4) is 0 Å². The second kappa shape index (κ2) is 6.75. The van der Waals surface area contributed by atoms with Crippen LogP contribution in [0.1, 0.15) is 16.7 Å². The Balaban J connectivity index is 2.38. The van der Waals surface area contributed by atoms with E-state index >= 15 is 0 Å². The first-order chi connectivity index (χ1) is 11.0. The second-order valence-corrected chi connectivity index (χ2v) is 21.3. The molecule has 0 saturated carbocycles. The molecule has 2 heteroatoms. The average Bonchev–Trinajstić information content (AvgIpc) is 2.55. The molecule has 116 valence electrons. The molecule has 3 aromatic carbocycles. The van der Waals surface area contributed by atoms with E-state index in [0.717, 1.165) is 0 Å². The monoisotopic (exact) mass is 488 g/mol. The van der Waals surface area contributed by atoms with E-state index in [4.69, 9.17) is 8.58 Å². The zero-order chi connectivity index (χ0) is 16.4. The van der Waals surface area contributed by atoms with Crippen molar-refractivity contribution in [1.29, 1.82) is 0 Å². The Morgan fingerprint density at radius 2 is 0.783 bits per heavy atom. The van der Waals surface area contributed by atoms with Crippen LogP contribution in [-0.2, 0) is 18.8 Å². The van der Waals surface area contributed by atoms with Crippen molar-refractivity contribution in [2.24, 2.45) is 0 Å². The van der Waals surface area contributed by atoms with Gasteiger partial charge in [-0.15, -0.1) is 0 Å². The number of hydrogen-bond donors (Lipinski definition) is 0. The number of halogens is 1. The van der Waals surface area contributed by atoms with Gasteiger partial charge in [0.25, 0.3) is 0 Å². The van der Waals surface area contributed by atoms with Crippen LogP contribution in [0, 0.1) is 20.8 Å². The fourth-order valence-electron chi connectivity index (χ4n) is 3.31. The van der Waals surface area contributed by atoms with Gasteiger partial charge in [0, 0.05) is 0 Å². The average molecular weight is 487 g/mol. The van der Waals surface area contributed by atoms with E-state index in [0.29, 0.717) is 0 Å². The van der Waals surface area contributed by atoms with Crippen molar-refractivity contribution in [3.8, 4) is 0 Å². The third kappa shape index (κ3) is 2.97. The first-order valence-corrected chi connectivity index (χ1v) is 17.8. The van der Waals surface area contributed by atoms with Crippen LogP contribution >= 0.6 is 8.58 Å². The van der Waals surface area contributed by atoms with Gasteiger partial charge in [-0.3, -0.25) is 0 Å². The summed E-state index contributed by atoms with van der Waals surface area (Å²) < 4.78 is 4.10. The van der Waals surface area contributed by atoms with Crippen LogP contribution in [0.4, 0.5) is 0 Å². The minimum absolute atomic E-state index is 1.30. The SMILES string of the molecule is Cc1cccc[c]1[Hf]([Cl])([c]1ccccc1C)[c]1ccccc1C. The molecule has 0 radical (unpaired) electrons. The van der Waals surface area contributed by atoms with E-state index < -0.39 is 18.8 Å². The van der Waals surface area contributed by atoms with Gasteiger partial charge in [0.05, 0.1) is 0 Å². The predicted molar refractivity (Wildman–Crippen MR) is 98.3 cm³/mol. The summed E-state index contributed by atoms with van der Waals surface area (Å²) in [5, 5.41) is 0. The zero-order valence-electron chi connectivity index (χ0n) is 13.8. The van der Waals surface area contributed by atoms with E-state index in [-0.39, 0.29) is 0 Å². The van der Waals surface area contributed by atoms with Crippen molar-refractivity contribution in [3.05, 3.63) is 89.5 Å². The molecule has 0 bridgehead atoms. The van der Waals surface area contributed by atoms with Crippen molar-refractivity contribution in [2.75, 3.05) is 0 Å². The number of aryl methyl sites for hydroxylation is 3. The van der Waals surface area contributed by atoms with E-state index in [2.05, 4.69) is 93.6 Å². The Morgan fingerprint density at radius 3 is 1.04 bits per heavy atom. The Kier molecular flexibility index (Phi) is 4.89. The molecule has 0 N–H and O–H groups in total. The van der Waals surface area contributed by atoms with Crippen molar-refractivity contribution < 1.29 is 18.8 Å². The predicted octanol–water partition coefficient (Wildman–Crippen LogP) is 4.20. The van der Waals surface area contributed by atoms with Gasteiger partial charge in [-0.25, -0.2) is 0 Å². The fourth-order valence-corrected chi connectivity index (χ4v) is 21.9. The molecule has 23 heavy (non-hydrogen) atoms. The maximum atomic E-state index is 7.65. The molecule has 0 amide bonds. The van der Waals surface area contributed by atoms with Crippen molar-refractivity contribution in [3.63, 3.8) is 0 Å². The molecule has 0 saturated heterocycles. The molecule has 0 atom stereocenters. The molecule has 0 aliphatic heterocycles. The van der Waals surface area contributed by atoms with Gasteiger partial charge in [0.15, 0.2) is 0 Å². The molecule has 0 spiro atoms. The van der Waals surface area contributed by atoms with Crippen molar-refractivity contribution in [1.82, 2.24) is 0 Å². The van der Waals surface area contributed by atoms with Crippen LogP contribution < -0.4 is 9.96 Å². The van der Waals surface area contributed by atoms with Gasteiger partial charge < -0.3 is 0 Å². The van der Waals surface area contributed by atoms with E-state index in [1.54, 1.807) is 0 Å². The summed E-state index contributed by atoms with van der Waals surface area (Å²) in [6, 6.07) is 25.9. The Morgan fingerprint density at radius 1 is 0.522 bits per heavy atom. The third-order valence-corrected chi connectivity index (χ3v) is 23.6. The van der Waals surface area contributed by atoms with Gasteiger partial charge in [-0.1, -0.05) is 0 Å². The topological polar surface area (TPSA) is 0 Å². The first kappa shape index (κ1) is 16.7. The van der Waals surface area contributed by atoms with E-state index in [9.17, 15) is 0 Å².